The molecule has 0 spiro atoms. The number of rotatable bonds is 5. The lowest BCUT2D eigenvalue weighted by Crippen LogP contribution is -2.12. The van der Waals surface area contributed by atoms with Crippen molar-refractivity contribution in [2.45, 2.75) is 19.3 Å². The number of carbonyl (C=O) groups excluding carboxylic acids is 1. The number of aromatic nitrogens is 3. The van der Waals surface area contributed by atoms with Crippen molar-refractivity contribution in [3.8, 4) is 11.5 Å². The lowest BCUT2D eigenvalue weighted by Gasteiger charge is -2.07. The molecule has 0 atom stereocenters. The second-order valence-electron chi connectivity index (χ2n) is 7.98. The molecule has 35 heavy (non-hydrogen) atoms. The fourth-order valence-corrected chi connectivity index (χ4v) is 3.63. The van der Waals surface area contributed by atoms with Crippen molar-refractivity contribution in [1.29, 1.82) is 0 Å². The minimum absolute atomic E-state index is 0.134. The maximum absolute atomic E-state index is 11.4. The molecule has 1 aliphatic carbocycles. The average Bonchev–Trinajstić information content (AvgIpc) is 3.52. The summed E-state index contributed by atoms with van der Waals surface area (Å²) in [7, 11) is 2.62. The molecular formula is C26H29N5O4. The van der Waals surface area contributed by atoms with E-state index in [1.165, 1.54) is 5.56 Å². The summed E-state index contributed by atoms with van der Waals surface area (Å²) in [6.45, 7) is 0.719. The molecule has 0 bridgehead atoms. The molecule has 2 aliphatic rings. The zero-order valence-electron chi connectivity index (χ0n) is 19.7. The first-order chi connectivity index (χ1) is 17.2. The molecule has 1 saturated carbocycles. The highest BCUT2D eigenvalue weighted by molar-refractivity contribution is 5.94. The molecule has 1 aliphatic heterocycles. The number of nitrogens with zero attached hydrogens (tertiary/aromatic N) is 2. The molecule has 4 N–H and O–H groups in total. The third kappa shape index (κ3) is 5.88. The van der Waals surface area contributed by atoms with E-state index in [-0.39, 0.29) is 11.8 Å². The van der Waals surface area contributed by atoms with Crippen molar-refractivity contribution >= 4 is 34.1 Å². The molecule has 1 fully saturated rings. The van der Waals surface area contributed by atoms with Gasteiger partial charge in [0.1, 0.15) is 5.75 Å². The summed E-state index contributed by atoms with van der Waals surface area (Å²) in [6, 6.07) is 17.3. The quantitative estimate of drug-likeness (QED) is 0.340. The van der Waals surface area contributed by atoms with E-state index in [4.69, 9.17) is 14.6 Å². The highest BCUT2D eigenvalue weighted by Gasteiger charge is 2.29. The average molecular weight is 476 g/mol. The van der Waals surface area contributed by atoms with Crippen molar-refractivity contribution < 1.29 is 19.4 Å². The number of aliphatic hydroxyl groups is 1. The summed E-state index contributed by atoms with van der Waals surface area (Å²) >= 11 is 0. The number of ether oxygens (including phenoxy) is 2. The fourth-order valence-electron chi connectivity index (χ4n) is 3.63. The second-order valence-corrected chi connectivity index (χ2v) is 7.98. The van der Waals surface area contributed by atoms with Gasteiger partial charge < -0.3 is 25.2 Å². The Bertz CT molecular complexity index is 1270. The third-order valence-corrected chi connectivity index (χ3v) is 5.62. The SMILES string of the molecule is CO.COc1ccc(NC(=O)C2CC2)cc1.c1ccc2c(Nc3nccc4c3OCC4)n[nH]c2c1. The molecule has 3 heterocycles. The van der Waals surface area contributed by atoms with Crippen molar-refractivity contribution in [3.63, 3.8) is 0 Å². The predicted molar refractivity (Wildman–Crippen MR) is 135 cm³/mol. The fraction of sp³-hybridized carbons (Fsp3) is 0.269. The highest BCUT2D eigenvalue weighted by Crippen LogP contribution is 2.34. The van der Waals surface area contributed by atoms with Crippen LogP contribution in [0, 0.1) is 5.92 Å². The van der Waals surface area contributed by atoms with Gasteiger partial charge in [0.25, 0.3) is 0 Å². The Hall–Kier alpha value is -4.11. The van der Waals surface area contributed by atoms with Gasteiger partial charge in [-0.05, 0) is 55.3 Å². The Morgan fingerprint density at radius 1 is 1.09 bits per heavy atom. The van der Waals surface area contributed by atoms with Crippen LogP contribution in [0.3, 0.4) is 0 Å². The standard InChI is InChI=1S/C14H12N4O.C11H13NO2.CH4O/c1-2-4-11-10(3-1)13(18-17-11)16-14-12-9(5-7-15-14)6-8-19-12;1-14-10-6-4-9(5-7-10)12-11(13)8-2-3-8;1-2/h1-5,7H,6,8H2,(H2,15,16,17,18);4-8H,2-3H2,1H3,(H,12,13);2H,1H3. The van der Waals surface area contributed by atoms with Gasteiger partial charge >= 0.3 is 0 Å². The summed E-state index contributed by atoms with van der Waals surface area (Å²) in [5.74, 6) is 3.52. The molecule has 0 radical (unpaired) electrons. The van der Waals surface area contributed by atoms with Gasteiger partial charge in [0, 0.05) is 42.3 Å². The number of hydrogen-bond donors (Lipinski definition) is 4. The lowest BCUT2D eigenvalue weighted by molar-refractivity contribution is -0.117. The van der Waals surface area contributed by atoms with Crippen LogP contribution in [-0.4, -0.2) is 47.0 Å². The number of para-hydroxylation sites is 1. The Balaban J connectivity index is 0.000000161. The van der Waals surface area contributed by atoms with Crippen molar-refractivity contribution in [2.24, 2.45) is 5.92 Å². The van der Waals surface area contributed by atoms with E-state index in [1.54, 1.807) is 13.3 Å². The van der Waals surface area contributed by atoms with Crippen LogP contribution < -0.4 is 20.1 Å². The first kappa shape index (κ1) is 24.0. The third-order valence-electron chi connectivity index (χ3n) is 5.62. The molecule has 2 aromatic heterocycles. The van der Waals surface area contributed by atoms with E-state index in [0.717, 1.165) is 72.7 Å². The van der Waals surface area contributed by atoms with Crippen LogP contribution in [0.2, 0.25) is 0 Å². The van der Waals surface area contributed by atoms with E-state index in [0.29, 0.717) is 0 Å². The first-order valence-corrected chi connectivity index (χ1v) is 11.4. The number of benzene rings is 2. The number of methoxy groups -OCH3 is 1. The van der Waals surface area contributed by atoms with Gasteiger partial charge in [-0.3, -0.25) is 9.89 Å². The van der Waals surface area contributed by atoms with Crippen LogP contribution in [0.5, 0.6) is 11.5 Å². The minimum Gasteiger partial charge on any atom is -0.497 e. The molecule has 6 rings (SSSR count). The van der Waals surface area contributed by atoms with Crippen molar-refractivity contribution in [2.75, 3.05) is 31.5 Å². The summed E-state index contributed by atoms with van der Waals surface area (Å²) < 4.78 is 10.6. The van der Waals surface area contributed by atoms with E-state index in [2.05, 4.69) is 25.8 Å². The Morgan fingerprint density at radius 2 is 1.86 bits per heavy atom. The van der Waals surface area contributed by atoms with Crippen LogP contribution in [0.1, 0.15) is 18.4 Å². The number of fused-ring (bicyclic) bond motifs is 2. The zero-order chi connectivity index (χ0) is 24.6. The number of aromatic amines is 1. The predicted octanol–water partition coefficient (Wildman–Crippen LogP) is 4.29. The molecule has 1 amide bonds. The number of pyridine rings is 1. The Morgan fingerprint density at radius 3 is 2.60 bits per heavy atom. The molecule has 4 aromatic rings. The number of aliphatic hydroxyl groups excluding tert-OH is 1. The van der Waals surface area contributed by atoms with Gasteiger partial charge in [-0.15, -0.1) is 0 Å². The van der Waals surface area contributed by atoms with Gasteiger partial charge in [0.05, 0.1) is 19.2 Å². The first-order valence-electron chi connectivity index (χ1n) is 11.4. The van der Waals surface area contributed by atoms with E-state index < -0.39 is 0 Å². The maximum atomic E-state index is 11.4. The number of nitrogens with one attached hydrogen (secondary N) is 3. The zero-order valence-corrected chi connectivity index (χ0v) is 19.7. The normalized spacial score (nSPS) is 13.3. The molecule has 2 aromatic carbocycles. The molecule has 182 valence electrons. The second kappa shape index (κ2) is 11.3. The van der Waals surface area contributed by atoms with Gasteiger partial charge in [0.15, 0.2) is 17.4 Å². The topological polar surface area (TPSA) is 121 Å². The van der Waals surface area contributed by atoms with Gasteiger partial charge in [-0.1, -0.05) is 12.1 Å². The largest absolute Gasteiger partial charge is 0.497 e. The van der Waals surface area contributed by atoms with Crippen molar-refractivity contribution in [3.05, 3.63) is 66.4 Å². The summed E-state index contributed by atoms with van der Waals surface area (Å²) in [5.41, 5.74) is 3.03. The summed E-state index contributed by atoms with van der Waals surface area (Å²) in [5, 5.41) is 21.4. The summed E-state index contributed by atoms with van der Waals surface area (Å²) in [4.78, 5) is 15.7. The van der Waals surface area contributed by atoms with E-state index in [9.17, 15) is 4.79 Å². The smallest absolute Gasteiger partial charge is 0.227 e. The molecule has 9 heteroatoms. The molecule has 9 nitrogen and oxygen atoms in total. The molecular weight excluding hydrogens is 446 g/mol. The van der Waals surface area contributed by atoms with Crippen molar-refractivity contribution in [1.82, 2.24) is 15.2 Å². The molecule has 0 unspecified atom stereocenters. The summed E-state index contributed by atoms with van der Waals surface area (Å²) in [6.07, 6.45) is 4.79. The number of hydrogen-bond acceptors (Lipinski definition) is 7. The van der Waals surface area contributed by atoms with Crippen LogP contribution in [0.25, 0.3) is 10.9 Å². The van der Waals surface area contributed by atoms with E-state index in [1.807, 2.05) is 54.6 Å². The highest BCUT2D eigenvalue weighted by atomic mass is 16.5. The Labute approximate surface area is 203 Å². The minimum atomic E-state index is 0.134. The number of anilines is 3. The maximum Gasteiger partial charge on any atom is 0.227 e. The lowest BCUT2D eigenvalue weighted by atomic mass is 10.2. The van der Waals surface area contributed by atoms with Gasteiger partial charge in [-0.25, -0.2) is 4.98 Å². The van der Waals surface area contributed by atoms with Crippen LogP contribution in [0.4, 0.5) is 17.3 Å². The van der Waals surface area contributed by atoms with E-state index >= 15 is 0 Å². The number of carbonyl (C=O) groups is 1. The molecule has 0 saturated heterocycles. The monoisotopic (exact) mass is 475 g/mol. The van der Waals surface area contributed by atoms with Gasteiger partial charge in [-0.2, -0.15) is 5.10 Å². The number of amides is 1. The van der Waals surface area contributed by atoms with Crippen LogP contribution >= 0.6 is 0 Å². The van der Waals surface area contributed by atoms with Crippen LogP contribution in [-0.2, 0) is 11.2 Å². The number of H-pyrrole nitrogens is 1. The Kier molecular flexibility index (Phi) is 7.79. The van der Waals surface area contributed by atoms with Gasteiger partial charge in [0.2, 0.25) is 5.91 Å². The van der Waals surface area contributed by atoms with Crippen LogP contribution in [0.15, 0.2) is 60.8 Å².